The summed E-state index contributed by atoms with van der Waals surface area (Å²) in [5.41, 5.74) is 12.3. The van der Waals surface area contributed by atoms with E-state index in [1.807, 2.05) is 0 Å². The van der Waals surface area contributed by atoms with Gasteiger partial charge in [0.1, 0.15) is 0 Å². The highest BCUT2D eigenvalue weighted by molar-refractivity contribution is 5.47. The summed E-state index contributed by atoms with van der Waals surface area (Å²) >= 11 is 0. The van der Waals surface area contributed by atoms with Crippen LogP contribution < -0.4 is 0 Å². The van der Waals surface area contributed by atoms with Crippen molar-refractivity contribution in [2.45, 2.75) is 99.3 Å². The maximum Gasteiger partial charge on any atom is -0.00254 e. The van der Waals surface area contributed by atoms with Crippen LogP contribution in [0.15, 0.2) is 24.3 Å². The Morgan fingerprint density at radius 2 is 0.926 bits per heavy atom. The second-order valence-electron chi connectivity index (χ2n) is 10.3. The molecule has 0 aliphatic rings. The lowest BCUT2D eigenvalue weighted by Crippen LogP contribution is -2.17. The lowest BCUT2D eigenvalue weighted by molar-refractivity contribution is 0.578. The molecule has 0 aliphatic carbocycles. The van der Waals surface area contributed by atoms with Gasteiger partial charge in [-0.2, -0.15) is 0 Å². The van der Waals surface area contributed by atoms with Crippen LogP contribution in [0.2, 0.25) is 0 Å². The SMILES string of the molecule is CCc1cc(Cc2cc(C)c(C(C)(C)C)c(CC)c2)cc(C)c1C(C)(C)C. The van der Waals surface area contributed by atoms with Crippen LogP contribution in [0, 0.1) is 13.8 Å². The van der Waals surface area contributed by atoms with Gasteiger partial charge in [-0.05, 0) is 88.4 Å². The predicted octanol–water partition coefficient (Wildman–Crippen LogP) is 7.61. The van der Waals surface area contributed by atoms with E-state index in [1.165, 1.54) is 44.5 Å². The summed E-state index contributed by atoms with van der Waals surface area (Å²) < 4.78 is 0. The van der Waals surface area contributed by atoms with E-state index >= 15 is 0 Å². The van der Waals surface area contributed by atoms with Crippen LogP contribution in [-0.2, 0) is 30.1 Å². The maximum absolute atomic E-state index is 2.45. The third-order valence-corrected chi connectivity index (χ3v) is 5.62. The molecule has 0 bridgehead atoms. The van der Waals surface area contributed by atoms with Crippen molar-refractivity contribution in [1.82, 2.24) is 0 Å². The number of benzene rings is 2. The van der Waals surface area contributed by atoms with E-state index in [0.717, 1.165) is 19.3 Å². The van der Waals surface area contributed by atoms with E-state index in [2.05, 4.69) is 93.5 Å². The Balaban J connectivity index is 2.49. The molecule has 27 heavy (non-hydrogen) atoms. The molecule has 0 saturated carbocycles. The smallest absolute Gasteiger partial charge is 0.00254 e. The van der Waals surface area contributed by atoms with Crippen molar-refractivity contribution in [3.05, 3.63) is 68.8 Å². The van der Waals surface area contributed by atoms with E-state index in [4.69, 9.17) is 0 Å². The fourth-order valence-corrected chi connectivity index (χ4v) is 5.03. The van der Waals surface area contributed by atoms with Gasteiger partial charge >= 0.3 is 0 Å². The van der Waals surface area contributed by atoms with Gasteiger partial charge in [-0.15, -0.1) is 0 Å². The first-order chi connectivity index (χ1) is 12.4. The second-order valence-corrected chi connectivity index (χ2v) is 10.3. The zero-order chi connectivity index (χ0) is 20.6. The molecule has 0 amide bonds. The first-order valence-electron chi connectivity index (χ1n) is 10.6. The van der Waals surface area contributed by atoms with Gasteiger partial charge in [0.15, 0.2) is 0 Å². The average molecular weight is 365 g/mol. The highest BCUT2D eigenvalue weighted by Gasteiger charge is 2.22. The lowest BCUT2D eigenvalue weighted by atomic mass is 9.78. The maximum atomic E-state index is 2.45. The Kier molecular flexibility index (Phi) is 6.30. The van der Waals surface area contributed by atoms with E-state index in [9.17, 15) is 0 Å². The summed E-state index contributed by atoms with van der Waals surface area (Å²) in [6, 6.07) is 9.73. The summed E-state index contributed by atoms with van der Waals surface area (Å²) in [5, 5.41) is 0. The third-order valence-electron chi connectivity index (χ3n) is 5.62. The molecule has 0 aromatic heterocycles. The van der Waals surface area contributed by atoms with E-state index in [-0.39, 0.29) is 10.8 Å². The van der Waals surface area contributed by atoms with Gasteiger partial charge < -0.3 is 0 Å². The van der Waals surface area contributed by atoms with Crippen molar-refractivity contribution in [2.24, 2.45) is 0 Å². The van der Waals surface area contributed by atoms with Crippen LogP contribution in [0.25, 0.3) is 0 Å². The number of aryl methyl sites for hydroxylation is 4. The van der Waals surface area contributed by atoms with Gasteiger partial charge in [0, 0.05) is 0 Å². The van der Waals surface area contributed by atoms with Crippen LogP contribution in [0.5, 0.6) is 0 Å². The Labute approximate surface area is 168 Å². The Morgan fingerprint density at radius 1 is 0.593 bits per heavy atom. The molecular weight excluding hydrogens is 324 g/mol. The van der Waals surface area contributed by atoms with Crippen molar-refractivity contribution in [2.75, 3.05) is 0 Å². The molecule has 2 rings (SSSR count). The summed E-state index contributed by atoms with van der Waals surface area (Å²) in [6.45, 7) is 23.1. The first kappa shape index (κ1) is 21.7. The Bertz CT molecular complexity index is 738. The van der Waals surface area contributed by atoms with Crippen molar-refractivity contribution in [3.63, 3.8) is 0 Å². The van der Waals surface area contributed by atoms with Gasteiger partial charge in [0.05, 0.1) is 0 Å². The molecule has 2 aromatic carbocycles. The lowest BCUT2D eigenvalue weighted by Gasteiger charge is -2.27. The summed E-state index contributed by atoms with van der Waals surface area (Å²) in [7, 11) is 0. The molecule has 148 valence electrons. The molecular formula is C27H40. The number of rotatable bonds is 4. The molecule has 0 aliphatic heterocycles. The van der Waals surface area contributed by atoms with Crippen LogP contribution in [-0.4, -0.2) is 0 Å². The van der Waals surface area contributed by atoms with E-state index in [0.29, 0.717) is 0 Å². The Morgan fingerprint density at radius 3 is 1.19 bits per heavy atom. The summed E-state index contributed by atoms with van der Waals surface area (Å²) in [4.78, 5) is 0. The quantitative estimate of drug-likeness (QED) is 0.523. The van der Waals surface area contributed by atoms with Crippen molar-refractivity contribution in [3.8, 4) is 0 Å². The van der Waals surface area contributed by atoms with Gasteiger partial charge in [-0.25, -0.2) is 0 Å². The minimum atomic E-state index is 0.203. The van der Waals surface area contributed by atoms with Crippen LogP contribution in [0.4, 0.5) is 0 Å². The normalized spacial score (nSPS) is 12.5. The largest absolute Gasteiger partial charge is 0.0613 e. The Hall–Kier alpha value is -1.56. The molecule has 0 fully saturated rings. The number of hydrogen-bond acceptors (Lipinski definition) is 0. The van der Waals surface area contributed by atoms with E-state index in [1.54, 1.807) is 0 Å². The van der Waals surface area contributed by atoms with Crippen LogP contribution >= 0.6 is 0 Å². The average Bonchev–Trinajstić information content (AvgIpc) is 2.50. The summed E-state index contributed by atoms with van der Waals surface area (Å²) in [6.07, 6.45) is 3.23. The second kappa shape index (κ2) is 7.82. The fraction of sp³-hybridized carbons (Fsp3) is 0.556. The molecule has 0 heteroatoms. The minimum absolute atomic E-state index is 0.203. The molecule has 0 spiro atoms. The zero-order valence-corrected chi connectivity index (χ0v) is 19.4. The van der Waals surface area contributed by atoms with Crippen LogP contribution in [0.3, 0.4) is 0 Å². The van der Waals surface area contributed by atoms with Crippen LogP contribution in [0.1, 0.15) is 99.9 Å². The highest BCUT2D eigenvalue weighted by Crippen LogP contribution is 2.33. The van der Waals surface area contributed by atoms with Gasteiger partial charge in [-0.1, -0.05) is 79.7 Å². The predicted molar refractivity (Wildman–Crippen MR) is 121 cm³/mol. The molecule has 0 nitrogen and oxygen atoms in total. The van der Waals surface area contributed by atoms with E-state index < -0.39 is 0 Å². The van der Waals surface area contributed by atoms with Crippen molar-refractivity contribution in [1.29, 1.82) is 0 Å². The zero-order valence-electron chi connectivity index (χ0n) is 19.4. The van der Waals surface area contributed by atoms with Crippen molar-refractivity contribution >= 4 is 0 Å². The van der Waals surface area contributed by atoms with Crippen molar-refractivity contribution < 1.29 is 0 Å². The molecule has 0 radical (unpaired) electrons. The first-order valence-corrected chi connectivity index (χ1v) is 10.6. The minimum Gasteiger partial charge on any atom is -0.0613 e. The molecule has 0 saturated heterocycles. The fourth-order valence-electron chi connectivity index (χ4n) is 5.03. The monoisotopic (exact) mass is 364 g/mol. The molecule has 0 atom stereocenters. The highest BCUT2D eigenvalue weighted by atomic mass is 14.3. The van der Waals surface area contributed by atoms with Gasteiger partial charge in [0.2, 0.25) is 0 Å². The molecule has 0 unspecified atom stereocenters. The molecule has 2 aromatic rings. The molecule has 0 heterocycles. The summed E-state index contributed by atoms with van der Waals surface area (Å²) in [5.74, 6) is 0. The van der Waals surface area contributed by atoms with Gasteiger partial charge in [0.25, 0.3) is 0 Å². The van der Waals surface area contributed by atoms with Gasteiger partial charge in [-0.3, -0.25) is 0 Å². The third kappa shape index (κ3) is 4.84. The number of hydrogen-bond donors (Lipinski definition) is 0. The standard InChI is InChI=1S/C27H40/c1-11-22-16-20(13-18(3)24(22)26(5,6)7)15-21-14-19(4)25(27(8,9)10)23(12-2)17-21/h13-14,16-17H,11-12,15H2,1-10H3. The topological polar surface area (TPSA) is 0 Å². The molecule has 0 N–H and O–H groups in total.